The maximum atomic E-state index is 12.1. The Hall–Kier alpha value is -2.42. The second-order valence-corrected chi connectivity index (χ2v) is 3.81. The van der Waals surface area contributed by atoms with E-state index in [1.165, 1.54) is 17.2 Å². The lowest BCUT2D eigenvalue weighted by atomic mass is 10.5. The molecule has 0 saturated carbocycles. The highest BCUT2D eigenvalue weighted by Crippen LogP contribution is 2.03. The fourth-order valence-corrected chi connectivity index (χ4v) is 1.71. The predicted molar refractivity (Wildman–Crippen MR) is 60.4 cm³/mol. The van der Waals surface area contributed by atoms with Gasteiger partial charge in [-0.05, 0) is 0 Å². The number of aromatic nitrogens is 4. The van der Waals surface area contributed by atoms with Crippen LogP contribution < -0.4 is 11.0 Å². The van der Waals surface area contributed by atoms with Crippen molar-refractivity contribution < 1.29 is 9.84 Å². The Morgan fingerprint density at radius 3 is 3.00 bits per heavy atom. The largest absolute Gasteiger partial charge is 0.429 e. The molecular formula is C9H10N6O3. The first-order chi connectivity index (χ1) is 8.65. The molecule has 1 unspecified atom stereocenters. The maximum absolute atomic E-state index is 12.1. The number of aryl methyl sites for hydroxylation is 1. The number of rotatable bonds is 2. The minimum absolute atomic E-state index is 0.0943. The van der Waals surface area contributed by atoms with Crippen LogP contribution in [0.4, 0.5) is 0 Å². The van der Waals surface area contributed by atoms with Crippen molar-refractivity contribution in [1.29, 1.82) is 0 Å². The van der Waals surface area contributed by atoms with E-state index < -0.39 is 6.41 Å². The van der Waals surface area contributed by atoms with E-state index in [2.05, 4.69) is 20.5 Å². The summed E-state index contributed by atoms with van der Waals surface area (Å²) in [5.41, 5.74) is 2.88. The summed E-state index contributed by atoms with van der Waals surface area (Å²) in [5, 5.41) is 12.8. The molecule has 9 nitrogen and oxygen atoms in total. The molecule has 2 N–H and O–H groups in total. The van der Waals surface area contributed by atoms with Gasteiger partial charge in [-0.3, -0.25) is 9.36 Å². The van der Waals surface area contributed by atoms with E-state index in [4.69, 9.17) is 9.84 Å². The van der Waals surface area contributed by atoms with Crippen LogP contribution in [0.15, 0.2) is 22.6 Å². The second kappa shape index (κ2) is 3.81. The molecule has 1 aliphatic rings. The van der Waals surface area contributed by atoms with Crippen LogP contribution in [0, 0.1) is 0 Å². The third-order valence-electron chi connectivity index (χ3n) is 2.55. The summed E-state index contributed by atoms with van der Waals surface area (Å²) in [6, 6.07) is 0. The summed E-state index contributed by atoms with van der Waals surface area (Å²) in [7, 11) is 1.72. The fraction of sp³-hybridized carbons (Fsp3) is 0.333. The van der Waals surface area contributed by atoms with Crippen molar-refractivity contribution in [1.82, 2.24) is 24.5 Å². The van der Waals surface area contributed by atoms with E-state index in [0.29, 0.717) is 11.2 Å². The minimum atomic E-state index is -1.16. The fourth-order valence-electron chi connectivity index (χ4n) is 1.71. The number of hydrogen-bond acceptors (Lipinski definition) is 7. The number of fused-ring (bicyclic) bond motifs is 1. The van der Waals surface area contributed by atoms with Crippen molar-refractivity contribution in [3.8, 4) is 0 Å². The Morgan fingerprint density at radius 1 is 1.50 bits per heavy atom. The molecule has 0 spiro atoms. The number of hydrogen-bond donors (Lipinski definition) is 2. The van der Waals surface area contributed by atoms with Gasteiger partial charge >= 0.3 is 0 Å². The van der Waals surface area contributed by atoms with Crippen LogP contribution in [0.1, 0.15) is 0 Å². The maximum Gasteiger partial charge on any atom is 0.295 e. The van der Waals surface area contributed by atoms with Gasteiger partial charge in [0.25, 0.3) is 12.0 Å². The number of ether oxygens (including phenoxy) is 1. The summed E-state index contributed by atoms with van der Waals surface area (Å²) in [4.78, 5) is 20.2. The lowest BCUT2D eigenvalue weighted by Gasteiger charge is -2.06. The van der Waals surface area contributed by atoms with Crippen molar-refractivity contribution in [2.24, 2.45) is 12.1 Å². The van der Waals surface area contributed by atoms with Gasteiger partial charge < -0.3 is 14.4 Å². The highest BCUT2D eigenvalue weighted by Gasteiger charge is 2.17. The lowest BCUT2D eigenvalue weighted by Crippen LogP contribution is -2.27. The minimum Gasteiger partial charge on any atom is -0.429 e. The van der Waals surface area contributed by atoms with Gasteiger partial charge in [-0.15, -0.1) is 5.10 Å². The molecule has 9 heteroatoms. The molecular weight excluding hydrogens is 240 g/mol. The van der Waals surface area contributed by atoms with Crippen LogP contribution >= 0.6 is 0 Å². The standard InChI is InChI=1S/C9H10N6O3/c1-14-3-10-7-6(14)8(16)15(4-11-7)2-5-12-13-9(17)18-5/h3-4,9,13,17H,2H2,1H3. The number of nitrogens with zero attached hydrogens (tertiary/aromatic N) is 5. The van der Waals surface area contributed by atoms with E-state index >= 15 is 0 Å². The van der Waals surface area contributed by atoms with Crippen LogP contribution in [0.2, 0.25) is 0 Å². The molecule has 1 aliphatic heterocycles. The van der Waals surface area contributed by atoms with Gasteiger partial charge in [0.05, 0.1) is 6.33 Å². The third-order valence-corrected chi connectivity index (χ3v) is 2.55. The average molecular weight is 250 g/mol. The second-order valence-electron chi connectivity index (χ2n) is 3.81. The van der Waals surface area contributed by atoms with Crippen molar-refractivity contribution in [3.05, 3.63) is 23.0 Å². The quantitative estimate of drug-likeness (QED) is 0.660. The molecule has 2 aromatic heterocycles. The SMILES string of the molecule is Cn1cnc2ncn(CC3=NNC(O)O3)c(=O)c21. The number of aliphatic hydroxyl groups excluding tert-OH is 1. The Balaban J connectivity index is 2.00. The molecule has 0 radical (unpaired) electrons. The zero-order valence-electron chi connectivity index (χ0n) is 9.44. The number of imidazole rings is 1. The first-order valence-corrected chi connectivity index (χ1v) is 5.18. The van der Waals surface area contributed by atoms with Crippen LogP contribution in [-0.2, 0) is 18.3 Å². The summed E-state index contributed by atoms with van der Waals surface area (Å²) in [6.07, 6.45) is 1.73. The molecule has 3 heterocycles. The third kappa shape index (κ3) is 1.61. The summed E-state index contributed by atoms with van der Waals surface area (Å²) in [5.74, 6) is 0.216. The van der Waals surface area contributed by atoms with Crippen LogP contribution in [0.25, 0.3) is 11.2 Å². The Morgan fingerprint density at radius 2 is 2.28 bits per heavy atom. The highest BCUT2D eigenvalue weighted by molar-refractivity contribution is 5.77. The van der Waals surface area contributed by atoms with Gasteiger partial charge in [-0.2, -0.15) is 0 Å². The van der Waals surface area contributed by atoms with Crippen molar-refractivity contribution in [3.63, 3.8) is 0 Å². The molecule has 0 fully saturated rings. The molecule has 2 aromatic rings. The first-order valence-electron chi connectivity index (χ1n) is 5.18. The Bertz CT molecular complexity index is 687. The van der Waals surface area contributed by atoms with E-state index in [1.807, 2.05) is 0 Å². The molecule has 0 saturated heterocycles. The van der Waals surface area contributed by atoms with E-state index in [1.54, 1.807) is 11.6 Å². The topological polar surface area (TPSA) is 107 Å². The molecule has 0 amide bonds. The van der Waals surface area contributed by atoms with Crippen LogP contribution in [0.5, 0.6) is 0 Å². The molecule has 94 valence electrons. The molecule has 0 aromatic carbocycles. The molecule has 3 rings (SSSR count). The average Bonchev–Trinajstić information content (AvgIpc) is 2.90. The van der Waals surface area contributed by atoms with Crippen molar-refractivity contribution >= 4 is 17.1 Å². The zero-order chi connectivity index (χ0) is 12.7. The molecule has 1 atom stereocenters. The lowest BCUT2D eigenvalue weighted by molar-refractivity contribution is -0.0351. The summed E-state index contributed by atoms with van der Waals surface area (Å²) >= 11 is 0. The number of aliphatic hydroxyl groups is 1. The van der Waals surface area contributed by atoms with Gasteiger partial charge in [0.2, 0.25) is 5.90 Å². The van der Waals surface area contributed by atoms with Gasteiger partial charge in [-0.1, -0.05) is 0 Å². The molecule has 0 bridgehead atoms. The summed E-state index contributed by atoms with van der Waals surface area (Å²) in [6.45, 7) is 0.0943. The number of nitrogens with one attached hydrogen (secondary N) is 1. The van der Waals surface area contributed by atoms with Gasteiger partial charge in [-0.25, -0.2) is 15.4 Å². The van der Waals surface area contributed by atoms with Crippen LogP contribution in [-0.4, -0.2) is 36.5 Å². The van der Waals surface area contributed by atoms with Gasteiger partial charge in [0.15, 0.2) is 11.2 Å². The monoisotopic (exact) mass is 250 g/mol. The number of hydrazone groups is 1. The normalized spacial score (nSPS) is 18.6. The molecule has 18 heavy (non-hydrogen) atoms. The smallest absolute Gasteiger partial charge is 0.295 e. The first kappa shape index (κ1) is 10.7. The predicted octanol–water partition coefficient (Wildman–Crippen LogP) is -1.66. The summed E-state index contributed by atoms with van der Waals surface area (Å²) < 4.78 is 7.87. The highest BCUT2D eigenvalue weighted by atomic mass is 16.6. The zero-order valence-corrected chi connectivity index (χ0v) is 9.44. The van der Waals surface area contributed by atoms with E-state index in [-0.39, 0.29) is 18.0 Å². The van der Waals surface area contributed by atoms with Gasteiger partial charge in [0, 0.05) is 7.05 Å². The van der Waals surface area contributed by atoms with Crippen LogP contribution in [0.3, 0.4) is 0 Å². The molecule has 0 aliphatic carbocycles. The van der Waals surface area contributed by atoms with Crippen molar-refractivity contribution in [2.45, 2.75) is 13.0 Å². The Labute approximate surface area is 100 Å². The van der Waals surface area contributed by atoms with E-state index in [0.717, 1.165) is 0 Å². The van der Waals surface area contributed by atoms with Crippen molar-refractivity contribution in [2.75, 3.05) is 0 Å². The Kier molecular flexibility index (Phi) is 2.27. The van der Waals surface area contributed by atoms with Gasteiger partial charge in [0.1, 0.15) is 12.9 Å². The van der Waals surface area contributed by atoms with E-state index in [9.17, 15) is 4.79 Å².